The number of aliphatic hydroxyl groups excluding tert-OH is 6. The van der Waals surface area contributed by atoms with E-state index in [1.165, 1.54) is 0 Å². The van der Waals surface area contributed by atoms with Gasteiger partial charge in [-0.15, -0.1) is 0 Å². The molecule has 0 aromatic carbocycles. The maximum atomic E-state index is 9.88. The van der Waals surface area contributed by atoms with Gasteiger partial charge in [-0.3, -0.25) is 0 Å². The molecule has 9 nitrogen and oxygen atoms in total. The molecule has 2 rings (SSSR count). The summed E-state index contributed by atoms with van der Waals surface area (Å²) < 4.78 is 16.0. The lowest BCUT2D eigenvalue weighted by Gasteiger charge is -2.38. The highest BCUT2D eigenvalue weighted by atomic mass is 16.6. The largest absolute Gasteiger partial charge is 0.394 e. The van der Waals surface area contributed by atoms with E-state index in [0.29, 0.717) is 0 Å². The van der Waals surface area contributed by atoms with Crippen LogP contribution in [0.15, 0.2) is 0 Å². The third kappa shape index (κ3) is 4.81. The van der Waals surface area contributed by atoms with Gasteiger partial charge in [-0.05, 0) is 6.42 Å². The Morgan fingerprint density at radius 2 is 1.39 bits per heavy atom. The molecule has 2 saturated heterocycles. The van der Waals surface area contributed by atoms with Crippen molar-refractivity contribution in [3.8, 4) is 0 Å². The first-order valence-electron chi connectivity index (χ1n) is 7.78. The number of hydrogen-bond acceptors (Lipinski definition) is 9. The fourth-order valence-electron chi connectivity index (χ4n) is 2.93. The fourth-order valence-corrected chi connectivity index (χ4v) is 2.93. The Morgan fingerprint density at radius 1 is 0.739 bits per heavy atom. The highest BCUT2D eigenvalue weighted by Crippen LogP contribution is 2.26. The molecule has 23 heavy (non-hydrogen) atoms. The number of aliphatic hydroxyl groups is 6. The molecule has 2 heterocycles. The SMILES string of the molecule is OCC1OC(O)[C@@H](O)C[C@@H]1COC[C@@H]1OC(CO)[C@@H](O)CC1O. The van der Waals surface area contributed by atoms with Crippen LogP contribution in [0, 0.1) is 5.92 Å². The van der Waals surface area contributed by atoms with E-state index < -0.39 is 42.9 Å². The Bertz CT molecular complexity index is 355. The van der Waals surface area contributed by atoms with E-state index in [9.17, 15) is 25.5 Å². The molecule has 0 amide bonds. The average molecular weight is 338 g/mol. The van der Waals surface area contributed by atoms with E-state index in [4.69, 9.17) is 19.3 Å². The van der Waals surface area contributed by atoms with Crippen molar-refractivity contribution in [2.24, 2.45) is 5.92 Å². The molecular weight excluding hydrogens is 312 g/mol. The molecule has 4 unspecified atom stereocenters. The third-order valence-electron chi connectivity index (χ3n) is 4.38. The minimum absolute atomic E-state index is 0.0394. The van der Waals surface area contributed by atoms with Gasteiger partial charge in [-0.25, -0.2) is 0 Å². The van der Waals surface area contributed by atoms with Gasteiger partial charge >= 0.3 is 0 Å². The van der Waals surface area contributed by atoms with E-state index in [1.807, 2.05) is 0 Å². The zero-order valence-electron chi connectivity index (χ0n) is 12.8. The van der Waals surface area contributed by atoms with Crippen molar-refractivity contribution in [2.75, 3.05) is 26.4 Å². The molecule has 0 radical (unpaired) electrons. The van der Waals surface area contributed by atoms with Crippen LogP contribution in [-0.4, -0.2) is 100.0 Å². The van der Waals surface area contributed by atoms with Gasteiger partial charge in [0.1, 0.15) is 18.3 Å². The van der Waals surface area contributed by atoms with E-state index in [-0.39, 0.29) is 45.2 Å². The maximum absolute atomic E-state index is 9.88. The molecule has 0 bridgehead atoms. The summed E-state index contributed by atoms with van der Waals surface area (Å²) in [4.78, 5) is 0. The summed E-state index contributed by atoms with van der Waals surface area (Å²) in [5.41, 5.74) is 0. The van der Waals surface area contributed by atoms with Crippen LogP contribution in [-0.2, 0) is 14.2 Å². The second-order valence-corrected chi connectivity index (χ2v) is 6.11. The van der Waals surface area contributed by atoms with Crippen molar-refractivity contribution in [3.05, 3.63) is 0 Å². The van der Waals surface area contributed by atoms with Crippen LogP contribution < -0.4 is 0 Å². The molecule has 136 valence electrons. The van der Waals surface area contributed by atoms with Gasteiger partial charge in [0.15, 0.2) is 6.29 Å². The Morgan fingerprint density at radius 3 is 2.04 bits per heavy atom. The molecule has 8 atom stereocenters. The topological polar surface area (TPSA) is 149 Å². The standard InChI is InChI=1S/C14H26O9/c15-3-11-7(1-10(19)14(20)23-11)5-21-6-13-9(18)2-8(17)12(4-16)22-13/h7-20H,1-6H2/t7-,8+,9?,10+,11?,12?,13+,14?/m1/s1. The highest BCUT2D eigenvalue weighted by molar-refractivity contribution is 4.85. The Labute approximate surface area is 134 Å². The lowest BCUT2D eigenvalue weighted by molar-refractivity contribution is -0.247. The molecule has 0 aliphatic carbocycles. The first kappa shape index (κ1) is 19.0. The number of ether oxygens (including phenoxy) is 3. The van der Waals surface area contributed by atoms with Crippen LogP contribution >= 0.6 is 0 Å². The quantitative estimate of drug-likeness (QED) is 0.297. The first-order valence-corrected chi connectivity index (χ1v) is 7.78. The smallest absolute Gasteiger partial charge is 0.181 e. The molecule has 0 saturated carbocycles. The molecule has 0 spiro atoms. The number of rotatable bonds is 6. The summed E-state index contributed by atoms with van der Waals surface area (Å²) in [6.45, 7) is -0.470. The third-order valence-corrected chi connectivity index (χ3v) is 4.38. The van der Waals surface area contributed by atoms with E-state index in [0.717, 1.165) is 0 Å². The fraction of sp³-hybridized carbons (Fsp3) is 1.00. The van der Waals surface area contributed by atoms with Crippen LogP contribution in [0.4, 0.5) is 0 Å². The van der Waals surface area contributed by atoms with Crippen molar-refractivity contribution in [1.29, 1.82) is 0 Å². The second kappa shape index (κ2) is 8.65. The molecule has 0 aromatic heterocycles. The van der Waals surface area contributed by atoms with Crippen molar-refractivity contribution in [3.63, 3.8) is 0 Å². The summed E-state index contributed by atoms with van der Waals surface area (Å²) in [5, 5.41) is 56.9. The molecular formula is C14H26O9. The summed E-state index contributed by atoms with van der Waals surface area (Å²) in [5.74, 6) is -0.307. The summed E-state index contributed by atoms with van der Waals surface area (Å²) >= 11 is 0. The van der Waals surface area contributed by atoms with Crippen molar-refractivity contribution >= 4 is 0 Å². The molecule has 2 aliphatic heterocycles. The highest BCUT2D eigenvalue weighted by Gasteiger charge is 2.38. The Balaban J connectivity index is 1.79. The van der Waals surface area contributed by atoms with Crippen LogP contribution in [0.1, 0.15) is 12.8 Å². The van der Waals surface area contributed by atoms with E-state index in [1.54, 1.807) is 0 Å². The molecule has 9 heteroatoms. The average Bonchev–Trinajstić information content (AvgIpc) is 2.52. The van der Waals surface area contributed by atoms with Crippen molar-refractivity contribution < 1.29 is 44.8 Å². The lowest BCUT2D eigenvalue weighted by atomic mass is 9.93. The summed E-state index contributed by atoms with van der Waals surface area (Å²) in [6.07, 6.45) is -5.96. The molecule has 0 aromatic rings. The van der Waals surface area contributed by atoms with Crippen LogP contribution in [0.2, 0.25) is 0 Å². The van der Waals surface area contributed by atoms with Gasteiger partial charge in [0, 0.05) is 12.3 Å². The van der Waals surface area contributed by atoms with Crippen LogP contribution in [0.3, 0.4) is 0 Å². The predicted molar refractivity (Wildman–Crippen MR) is 75.3 cm³/mol. The van der Waals surface area contributed by atoms with Crippen LogP contribution in [0.25, 0.3) is 0 Å². The Hall–Kier alpha value is -0.360. The van der Waals surface area contributed by atoms with Gasteiger partial charge in [-0.2, -0.15) is 0 Å². The second-order valence-electron chi connectivity index (χ2n) is 6.11. The monoisotopic (exact) mass is 338 g/mol. The van der Waals surface area contributed by atoms with Crippen molar-refractivity contribution in [2.45, 2.75) is 55.8 Å². The van der Waals surface area contributed by atoms with Gasteiger partial charge in [0.2, 0.25) is 0 Å². The minimum atomic E-state index is -1.32. The van der Waals surface area contributed by atoms with Gasteiger partial charge < -0.3 is 44.8 Å². The maximum Gasteiger partial charge on any atom is 0.181 e. The molecule has 2 fully saturated rings. The zero-order valence-corrected chi connectivity index (χ0v) is 12.8. The van der Waals surface area contributed by atoms with E-state index in [2.05, 4.69) is 0 Å². The molecule has 2 aliphatic rings. The number of hydrogen-bond donors (Lipinski definition) is 6. The van der Waals surface area contributed by atoms with Crippen molar-refractivity contribution in [1.82, 2.24) is 0 Å². The zero-order chi connectivity index (χ0) is 17.0. The minimum Gasteiger partial charge on any atom is -0.394 e. The summed E-state index contributed by atoms with van der Waals surface area (Å²) in [7, 11) is 0. The van der Waals surface area contributed by atoms with Gasteiger partial charge in [0.05, 0.1) is 44.7 Å². The molecule has 6 N–H and O–H groups in total. The first-order chi connectivity index (χ1) is 11.0. The van der Waals surface area contributed by atoms with Gasteiger partial charge in [-0.1, -0.05) is 0 Å². The summed E-state index contributed by atoms with van der Waals surface area (Å²) in [6, 6.07) is 0. The Kier molecular flexibility index (Phi) is 7.14. The predicted octanol–water partition coefficient (Wildman–Crippen LogP) is -3.05. The van der Waals surface area contributed by atoms with E-state index >= 15 is 0 Å². The van der Waals surface area contributed by atoms with Gasteiger partial charge in [0.25, 0.3) is 0 Å². The van der Waals surface area contributed by atoms with Crippen LogP contribution in [0.5, 0.6) is 0 Å². The lowest BCUT2D eigenvalue weighted by Crippen LogP contribution is -2.51. The normalized spacial score (nSPS) is 45.1.